The van der Waals surface area contributed by atoms with Gasteiger partial charge >= 0.3 is 12.4 Å². The molecule has 2 aromatic rings. The fourth-order valence-corrected chi connectivity index (χ4v) is 2.29. The lowest BCUT2D eigenvalue weighted by Crippen LogP contribution is -2.51. The summed E-state index contributed by atoms with van der Waals surface area (Å²) in [5.41, 5.74) is -0.0684. The number of rotatable bonds is 6. The van der Waals surface area contributed by atoms with E-state index in [4.69, 9.17) is 15.0 Å². The minimum Gasteiger partial charge on any atom is -0.472 e. The van der Waals surface area contributed by atoms with E-state index in [1.165, 1.54) is 13.8 Å². The van der Waals surface area contributed by atoms with Crippen LogP contribution >= 0.6 is 0 Å². The molecule has 1 unspecified atom stereocenters. The Morgan fingerprint density at radius 1 is 1.26 bits per heavy atom. The number of nitrogens with two attached hydrogens (primary N) is 1. The number of carbonyl (C=O) groups excluding carboxylic acids is 1. The van der Waals surface area contributed by atoms with E-state index in [1.54, 1.807) is 5.32 Å². The van der Waals surface area contributed by atoms with E-state index in [-0.39, 0.29) is 5.76 Å². The van der Waals surface area contributed by atoms with Gasteiger partial charge in [0, 0.05) is 0 Å². The fourth-order valence-electron chi connectivity index (χ4n) is 2.29. The van der Waals surface area contributed by atoms with Gasteiger partial charge in [-0.05, 0) is 26.8 Å². The van der Waals surface area contributed by atoms with Crippen molar-refractivity contribution in [3.05, 3.63) is 34.3 Å². The summed E-state index contributed by atoms with van der Waals surface area (Å²) in [5, 5.41) is 14.8. The molecule has 14 heteroatoms. The second-order valence-corrected chi connectivity index (χ2v) is 6.82. The maximum atomic E-state index is 13.4. The van der Waals surface area contributed by atoms with Gasteiger partial charge in [-0.15, -0.1) is 0 Å². The first kappa shape index (κ1) is 24.2. The minimum absolute atomic E-state index is 0.286. The Hall–Kier alpha value is -3.03. The van der Waals surface area contributed by atoms with Gasteiger partial charge in [0.2, 0.25) is 5.88 Å². The Balaban J connectivity index is 2.34. The molecule has 2 heterocycles. The Morgan fingerprint density at radius 3 is 2.35 bits per heavy atom. The van der Waals surface area contributed by atoms with E-state index < -0.39 is 59.8 Å². The van der Waals surface area contributed by atoms with Crippen molar-refractivity contribution in [1.82, 2.24) is 15.5 Å². The molecule has 31 heavy (non-hydrogen) atoms. The topological polar surface area (TPSA) is 124 Å². The van der Waals surface area contributed by atoms with Crippen LogP contribution in [-0.4, -0.2) is 39.5 Å². The molecule has 8 nitrogen and oxygen atoms in total. The monoisotopic (exact) mass is 456 g/mol. The van der Waals surface area contributed by atoms with Crippen molar-refractivity contribution in [3.8, 4) is 5.88 Å². The van der Waals surface area contributed by atoms with Crippen LogP contribution in [-0.2, 0) is 12.8 Å². The average Bonchev–Trinajstić information content (AvgIpc) is 2.94. The standard InChI is InChI=1S/C17H18F6N4O4/c1-7-9(8(2)31-27-7)5-30-14-10(16(18,19)20)4-11(24)12(26-14)13(28)25-6-15(3,29)17(21,22)23/h4,29H,5-6,24H2,1-3H3,(H,25,28). The highest BCUT2D eigenvalue weighted by Crippen LogP contribution is 2.37. The zero-order valence-electron chi connectivity index (χ0n) is 16.4. The molecule has 0 saturated carbocycles. The summed E-state index contributed by atoms with van der Waals surface area (Å²) in [4.78, 5) is 15.7. The summed E-state index contributed by atoms with van der Waals surface area (Å²) in [5.74, 6) is -2.07. The molecule has 1 amide bonds. The quantitative estimate of drug-likeness (QED) is 0.571. The Kier molecular flexibility index (Phi) is 6.45. The van der Waals surface area contributed by atoms with Gasteiger partial charge in [0.1, 0.15) is 17.9 Å². The van der Waals surface area contributed by atoms with E-state index in [2.05, 4.69) is 10.1 Å². The number of alkyl halides is 6. The van der Waals surface area contributed by atoms with E-state index in [1.807, 2.05) is 0 Å². The molecule has 0 aliphatic rings. The van der Waals surface area contributed by atoms with Crippen LogP contribution in [0.25, 0.3) is 0 Å². The van der Waals surface area contributed by atoms with Crippen molar-refractivity contribution in [2.45, 2.75) is 45.3 Å². The molecule has 2 rings (SSSR count). The van der Waals surface area contributed by atoms with Crippen LogP contribution < -0.4 is 15.8 Å². The van der Waals surface area contributed by atoms with E-state index >= 15 is 0 Å². The van der Waals surface area contributed by atoms with Crippen molar-refractivity contribution in [2.24, 2.45) is 0 Å². The Labute approximate surface area is 171 Å². The molecule has 1 atom stereocenters. The van der Waals surface area contributed by atoms with E-state index in [0.717, 1.165) is 0 Å². The number of carbonyl (C=O) groups is 1. The molecule has 0 radical (unpaired) electrons. The zero-order chi connectivity index (χ0) is 23.8. The lowest BCUT2D eigenvalue weighted by molar-refractivity contribution is -0.249. The first-order valence-corrected chi connectivity index (χ1v) is 8.54. The molecule has 0 aromatic carbocycles. The van der Waals surface area contributed by atoms with Gasteiger partial charge in [-0.3, -0.25) is 4.79 Å². The van der Waals surface area contributed by atoms with Crippen LogP contribution in [0.3, 0.4) is 0 Å². The maximum absolute atomic E-state index is 13.4. The smallest absolute Gasteiger partial charge is 0.421 e. The zero-order valence-corrected chi connectivity index (χ0v) is 16.4. The molecule has 0 spiro atoms. The maximum Gasteiger partial charge on any atom is 0.421 e. The lowest BCUT2D eigenvalue weighted by atomic mass is 10.1. The first-order valence-electron chi connectivity index (χ1n) is 8.54. The summed E-state index contributed by atoms with van der Waals surface area (Å²) >= 11 is 0. The van der Waals surface area contributed by atoms with Crippen molar-refractivity contribution >= 4 is 11.6 Å². The number of amides is 1. The van der Waals surface area contributed by atoms with Gasteiger partial charge in [0.05, 0.1) is 23.5 Å². The third-order valence-electron chi connectivity index (χ3n) is 4.28. The molecular weight excluding hydrogens is 438 g/mol. The molecule has 0 aliphatic carbocycles. The number of nitrogen functional groups attached to an aromatic ring is 1. The molecule has 2 aromatic heterocycles. The summed E-state index contributed by atoms with van der Waals surface area (Å²) < 4.78 is 88.2. The van der Waals surface area contributed by atoms with Gasteiger partial charge in [0.15, 0.2) is 11.3 Å². The predicted molar refractivity (Wildman–Crippen MR) is 93.0 cm³/mol. The van der Waals surface area contributed by atoms with Crippen LogP contribution in [0.2, 0.25) is 0 Å². The van der Waals surface area contributed by atoms with E-state index in [9.17, 15) is 36.2 Å². The van der Waals surface area contributed by atoms with E-state index in [0.29, 0.717) is 24.2 Å². The summed E-state index contributed by atoms with van der Waals surface area (Å²) in [7, 11) is 0. The highest BCUT2D eigenvalue weighted by molar-refractivity contribution is 5.97. The predicted octanol–water partition coefficient (Wildman–Crippen LogP) is 2.91. The normalized spacial score (nSPS) is 14.3. The molecular formula is C17H18F6N4O4. The van der Waals surface area contributed by atoms with Crippen LogP contribution in [0, 0.1) is 13.8 Å². The van der Waals surface area contributed by atoms with Crippen LogP contribution in [0.15, 0.2) is 10.6 Å². The average molecular weight is 456 g/mol. The number of aryl methyl sites for hydroxylation is 2. The number of aliphatic hydroxyl groups is 1. The molecule has 0 bridgehead atoms. The number of pyridine rings is 1. The highest BCUT2D eigenvalue weighted by atomic mass is 19.4. The van der Waals surface area contributed by atoms with Crippen LogP contribution in [0.4, 0.5) is 32.0 Å². The SMILES string of the molecule is Cc1noc(C)c1COc1nc(C(=O)NCC(C)(O)C(F)(F)F)c(N)cc1C(F)(F)F. The molecule has 172 valence electrons. The minimum atomic E-state index is -5.07. The van der Waals surface area contributed by atoms with Crippen LogP contribution in [0.1, 0.15) is 40.0 Å². The van der Waals surface area contributed by atoms with Gasteiger partial charge < -0.3 is 25.4 Å². The summed E-state index contributed by atoms with van der Waals surface area (Å²) in [6.45, 7) is 1.72. The Morgan fingerprint density at radius 2 is 1.87 bits per heavy atom. The fraction of sp³-hybridized carbons (Fsp3) is 0.471. The van der Waals surface area contributed by atoms with Crippen molar-refractivity contribution in [3.63, 3.8) is 0 Å². The van der Waals surface area contributed by atoms with Gasteiger partial charge in [-0.2, -0.15) is 26.3 Å². The lowest BCUT2D eigenvalue weighted by Gasteiger charge is -2.26. The number of hydrogen-bond donors (Lipinski definition) is 3. The van der Waals surface area contributed by atoms with Gasteiger partial charge in [-0.25, -0.2) is 4.98 Å². The third-order valence-corrected chi connectivity index (χ3v) is 4.28. The second-order valence-electron chi connectivity index (χ2n) is 6.82. The molecule has 4 N–H and O–H groups in total. The van der Waals surface area contributed by atoms with Gasteiger partial charge in [0.25, 0.3) is 5.91 Å². The highest BCUT2D eigenvalue weighted by Gasteiger charge is 2.50. The number of anilines is 1. The second kappa shape index (κ2) is 8.24. The number of hydrogen-bond acceptors (Lipinski definition) is 7. The van der Waals surface area contributed by atoms with Crippen molar-refractivity contribution in [1.29, 1.82) is 0 Å². The largest absolute Gasteiger partial charge is 0.472 e. The van der Waals surface area contributed by atoms with Crippen molar-refractivity contribution in [2.75, 3.05) is 12.3 Å². The number of nitrogens with zero attached hydrogens (tertiary/aromatic N) is 2. The molecule has 0 aliphatic heterocycles. The summed E-state index contributed by atoms with van der Waals surface area (Å²) in [6, 6.07) is 0.381. The first-order chi connectivity index (χ1) is 14.0. The number of ether oxygens (including phenoxy) is 1. The Bertz CT molecular complexity index is 949. The summed E-state index contributed by atoms with van der Waals surface area (Å²) in [6.07, 6.45) is -10.0. The van der Waals surface area contributed by atoms with Crippen LogP contribution in [0.5, 0.6) is 5.88 Å². The molecule has 0 fully saturated rings. The van der Waals surface area contributed by atoms with Gasteiger partial charge in [-0.1, -0.05) is 5.16 Å². The molecule has 0 saturated heterocycles. The van der Waals surface area contributed by atoms with Crippen molar-refractivity contribution < 1.29 is 45.5 Å². The number of halogens is 6. The third kappa shape index (κ3) is 5.37. The number of nitrogens with one attached hydrogen (secondary N) is 1. The number of aromatic nitrogens is 2.